The molecule has 2 amide bonds. The SMILES string of the molecule is CC(C)(C)CC1N2CN(c3ccc(C(=O)O)cc3)C(=O)CC2C(c2cccc(Cl)c2F)C12C(=O)Nc1cc(Cl)ccc12. The van der Waals surface area contributed by atoms with E-state index in [0.29, 0.717) is 28.4 Å². The van der Waals surface area contributed by atoms with Gasteiger partial charge >= 0.3 is 5.97 Å². The number of carboxylic acid groups (broad SMARTS) is 1. The van der Waals surface area contributed by atoms with Gasteiger partial charge < -0.3 is 10.4 Å². The summed E-state index contributed by atoms with van der Waals surface area (Å²) >= 11 is 12.6. The molecule has 1 spiro atoms. The fourth-order valence-corrected chi connectivity index (χ4v) is 7.57. The second-order valence-corrected chi connectivity index (χ2v) is 13.4. The van der Waals surface area contributed by atoms with E-state index in [0.717, 1.165) is 5.56 Å². The molecule has 2 N–H and O–H groups in total. The van der Waals surface area contributed by atoms with E-state index in [4.69, 9.17) is 23.2 Å². The average Bonchev–Trinajstić information content (AvgIpc) is 3.35. The highest BCUT2D eigenvalue weighted by Gasteiger charge is 2.69. The summed E-state index contributed by atoms with van der Waals surface area (Å²) < 4.78 is 16.0. The number of halogens is 3. The van der Waals surface area contributed by atoms with E-state index >= 15 is 4.39 Å². The minimum absolute atomic E-state index is 0.0237. The molecule has 4 unspecified atom stereocenters. The van der Waals surface area contributed by atoms with Crippen molar-refractivity contribution >= 4 is 52.4 Å². The summed E-state index contributed by atoms with van der Waals surface area (Å²) in [6.07, 6.45) is 0.591. The van der Waals surface area contributed by atoms with Crippen LogP contribution >= 0.6 is 23.2 Å². The van der Waals surface area contributed by atoms with Gasteiger partial charge in [0.15, 0.2) is 0 Å². The van der Waals surface area contributed by atoms with Crippen molar-refractivity contribution in [3.63, 3.8) is 0 Å². The molecule has 3 aliphatic heterocycles. The fourth-order valence-electron chi connectivity index (χ4n) is 7.21. The maximum atomic E-state index is 16.0. The lowest BCUT2D eigenvalue weighted by Gasteiger charge is -2.43. The van der Waals surface area contributed by atoms with Gasteiger partial charge in [0.1, 0.15) is 11.2 Å². The average molecular weight is 611 g/mol. The molecule has 6 rings (SSSR count). The van der Waals surface area contributed by atoms with Crippen molar-refractivity contribution in [3.8, 4) is 0 Å². The second-order valence-electron chi connectivity index (χ2n) is 12.5. The summed E-state index contributed by atoms with van der Waals surface area (Å²) in [5, 5.41) is 12.8. The van der Waals surface area contributed by atoms with E-state index < -0.39 is 35.2 Å². The highest BCUT2D eigenvalue weighted by Crippen LogP contribution is 2.61. The van der Waals surface area contributed by atoms with Gasteiger partial charge in [0.05, 0.1) is 17.3 Å². The molecule has 3 heterocycles. The van der Waals surface area contributed by atoms with E-state index in [-0.39, 0.29) is 40.9 Å². The Morgan fingerprint density at radius 3 is 2.48 bits per heavy atom. The first-order valence-electron chi connectivity index (χ1n) is 13.8. The molecule has 0 bridgehead atoms. The summed E-state index contributed by atoms with van der Waals surface area (Å²) in [5.74, 6) is -2.86. The first-order chi connectivity index (χ1) is 19.8. The number of carbonyl (C=O) groups is 3. The maximum absolute atomic E-state index is 16.0. The lowest BCUT2D eigenvalue weighted by molar-refractivity contribution is -0.122. The highest BCUT2D eigenvalue weighted by molar-refractivity contribution is 6.31. The van der Waals surface area contributed by atoms with Crippen molar-refractivity contribution in [2.45, 2.75) is 57.0 Å². The normalized spacial score (nSPS) is 25.5. The second kappa shape index (κ2) is 10.1. The Balaban J connectivity index is 1.57. The number of nitrogens with zero attached hydrogens (tertiary/aromatic N) is 2. The molecule has 218 valence electrons. The predicted molar refractivity (Wildman–Crippen MR) is 160 cm³/mol. The monoisotopic (exact) mass is 609 g/mol. The third-order valence-electron chi connectivity index (χ3n) is 8.82. The summed E-state index contributed by atoms with van der Waals surface area (Å²) in [6.45, 7) is 6.43. The number of benzene rings is 3. The number of carbonyl (C=O) groups excluding carboxylic acids is 2. The molecule has 0 aromatic heterocycles. The van der Waals surface area contributed by atoms with Gasteiger partial charge in [-0.25, -0.2) is 9.18 Å². The number of hydrogen-bond donors (Lipinski definition) is 2. The Bertz CT molecular complexity index is 1620. The number of aromatic carboxylic acids is 1. The molecular formula is C32H30Cl2FN3O4. The van der Waals surface area contributed by atoms with Gasteiger partial charge in [-0.2, -0.15) is 0 Å². The number of hydrogen-bond acceptors (Lipinski definition) is 4. The summed E-state index contributed by atoms with van der Waals surface area (Å²) in [6, 6.07) is 15.3. The van der Waals surface area contributed by atoms with Gasteiger partial charge in [0.2, 0.25) is 11.8 Å². The first kappa shape index (κ1) is 28.6. The Hall–Kier alpha value is -3.46. The quantitative estimate of drug-likeness (QED) is 0.344. The molecule has 7 nitrogen and oxygen atoms in total. The molecule has 3 aromatic rings. The Morgan fingerprint density at radius 2 is 1.81 bits per heavy atom. The highest BCUT2D eigenvalue weighted by atomic mass is 35.5. The molecule has 4 atom stereocenters. The lowest BCUT2D eigenvalue weighted by atomic mass is 9.62. The molecule has 0 aliphatic carbocycles. The summed E-state index contributed by atoms with van der Waals surface area (Å²) in [7, 11) is 0. The van der Waals surface area contributed by atoms with Crippen LogP contribution in [-0.4, -0.2) is 46.5 Å². The van der Waals surface area contributed by atoms with Crippen LogP contribution in [-0.2, 0) is 15.0 Å². The van der Waals surface area contributed by atoms with Gasteiger partial charge in [-0.3, -0.25) is 19.4 Å². The Kier molecular flexibility index (Phi) is 6.87. The van der Waals surface area contributed by atoms with Gasteiger partial charge in [-0.1, -0.05) is 62.2 Å². The third kappa shape index (κ3) is 4.39. The van der Waals surface area contributed by atoms with Crippen LogP contribution in [0.15, 0.2) is 60.7 Å². The Labute approximate surface area is 253 Å². The zero-order valence-electron chi connectivity index (χ0n) is 23.3. The molecule has 2 fully saturated rings. The van der Waals surface area contributed by atoms with Crippen LogP contribution in [0.2, 0.25) is 10.0 Å². The van der Waals surface area contributed by atoms with E-state index in [1.54, 1.807) is 41.3 Å². The topological polar surface area (TPSA) is 90.0 Å². The van der Waals surface area contributed by atoms with Crippen LogP contribution in [0.3, 0.4) is 0 Å². The molecule has 0 radical (unpaired) electrons. The van der Waals surface area contributed by atoms with E-state index in [1.807, 2.05) is 6.07 Å². The molecule has 10 heteroatoms. The number of anilines is 2. The molecular weight excluding hydrogens is 580 g/mol. The predicted octanol–water partition coefficient (Wildman–Crippen LogP) is 6.69. The molecule has 3 aliphatic rings. The molecule has 0 saturated carbocycles. The van der Waals surface area contributed by atoms with Crippen LogP contribution in [0.25, 0.3) is 0 Å². The zero-order valence-corrected chi connectivity index (χ0v) is 24.8. The number of rotatable bonds is 4. The third-order valence-corrected chi connectivity index (χ3v) is 9.34. The van der Waals surface area contributed by atoms with E-state index in [1.165, 1.54) is 18.2 Å². The molecule has 3 aromatic carbocycles. The smallest absolute Gasteiger partial charge is 0.335 e. The van der Waals surface area contributed by atoms with Gasteiger partial charge in [-0.15, -0.1) is 0 Å². The largest absolute Gasteiger partial charge is 0.478 e. The van der Waals surface area contributed by atoms with Crippen molar-refractivity contribution in [2.24, 2.45) is 5.41 Å². The summed E-state index contributed by atoms with van der Waals surface area (Å²) in [4.78, 5) is 43.4. The van der Waals surface area contributed by atoms with Gasteiger partial charge in [0, 0.05) is 40.8 Å². The van der Waals surface area contributed by atoms with Crippen LogP contribution in [0.5, 0.6) is 0 Å². The zero-order chi connectivity index (χ0) is 30.1. The van der Waals surface area contributed by atoms with Crippen molar-refractivity contribution in [1.82, 2.24) is 4.90 Å². The maximum Gasteiger partial charge on any atom is 0.335 e. The van der Waals surface area contributed by atoms with Crippen LogP contribution < -0.4 is 10.2 Å². The van der Waals surface area contributed by atoms with Crippen molar-refractivity contribution in [1.29, 1.82) is 0 Å². The van der Waals surface area contributed by atoms with Crippen molar-refractivity contribution in [3.05, 3.63) is 93.2 Å². The molecule has 2 saturated heterocycles. The van der Waals surface area contributed by atoms with E-state index in [2.05, 4.69) is 31.0 Å². The molecule has 42 heavy (non-hydrogen) atoms. The summed E-state index contributed by atoms with van der Waals surface area (Å²) in [5.41, 5.74) is 0.760. The van der Waals surface area contributed by atoms with Crippen molar-refractivity contribution < 1.29 is 23.9 Å². The minimum atomic E-state index is -1.24. The fraction of sp³-hybridized carbons (Fsp3) is 0.344. The van der Waals surface area contributed by atoms with Crippen LogP contribution in [0.4, 0.5) is 15.8 Å². The van der Waals surface area contributed by atoms with Crippen molar-refractivity contribution in [2.75, 3.05) is 16.9 Å². The first-order valence-corrected chi connectivity index (χ1v) is 14.5. The van der Waals surface area contributed by atoms with Crippen LogP contribution in [0.1, 0.15) is 61.0 Å². The van der Waals surface area contributed by atoms with Gasteiger partial charge in [0.25, 0.3) is 0 Å². The number of amides is 2. The number of nitrogens with one attached hydrogen (secondary N) is 1. The van der Waals surface area contributed by atoms with Crippen LogP contribution in [0, 0.1) is 11.2 Å². The number of carboxylic acids is 1. The lowest BCUT2D eigenvalue weighted by Crippen LogP contribution is -2.56. The van der Waals surface area contributed by atoms with Gasteiger partial charge in [-0.05, 0) is 65.4 Å². The van der Waals surface area contributed by atoms with E-state index in [9.17, 15) is 19.5 Å². The number of fused-ring (bicyclic) bond motifs is 3. The standard InChI is InChI=1S/C32H30Cl2FN3O4/c1-31(2,3)15-25-32(21-12-9-18(33)13-23(21)36-30(32)42)27(20-5-4-6-22(34)28(20)35)24-14-26(39)37(16-38(24)25)19-10-7-17(8-11-19)29(40)41/h4-13,24-25,27H,14-16H2,1-3H3,(H,36,42)(H,40,41). The Morgan fingerprint density at radius 1 is 1.10 bits per heavy atom. The minimum Gasteiger partial charge on any atom is -0.478 e.